The zero-order valence-electron chi connectivity index (χ0n) is 14.0. The van der Waals surface area contributed by atoms with Crippen molar-refractivity contribution >= 4 is 22.7 Å². The molecular weight excluding hydrogens is 304 g/mol. The van der Waals surface area contributed by atoms with Crippen LogP contribution in [0.5, 0.6) is 5.75 Å². The number of rotatable bonds is 8. The Morgan fingerprint density at radius 1 is 0.957 bits per heavy atom. The molecule has 0 heterocycles. The minimum atomic E-state index is 0.750. The maximum Gasteiger partial charge on any atom is 0.119 e. The Bertz CT molecular complexity index is 611. The van der Waals surface area contributed by atoms with Gasteiger partial charge in [0.1, 0.15) is 5.75 Å². The summed E-state index contributed by atoms with van der Waals surface area (Å²) in [7, 11) is 0. The van der Waals surface area contributed by atoms with Crippen molar-refractivity contribution in [3.05, 3.63) is 65.2 Å². The van der Waals surface area contributed by atoms with Crippen LogP contribution in [0.3, 0.4) is 0 Å². The molecule has 2 rings (SSSR count). The predicted molar refractivity (Wildman–Crippen MR) is 101 cm³/mol. The number of aryl methyl sites for hydroxylation is 1. The first-order valence-electron chi connectivity index (χ1n) is 8.42. The van der Waals surface area contributed by atoms with Crippen LogP contribution in [0.4, 0.5) is 0 Å². The summed E-state index contributed by atoms with van der Waals surface area (Å²) in [5.74, 6) is 0.903. The van der Waals surface area contributed by atoms with Crippen LogP contribution < -0.4 is 4.74 Å². The molecule has 0 aliphatic carbocycles. The molecule has 0 aliphatic rings. The predicted octanol–water partition coefficient (Wildman–Crippen LogP) is 6.55. The summed E-state index contributed by atoms with van der Waals surface area (Å²) in [4.78, 5) is 0. The highest BCUT2D eigenvalue weighted by Crippen LogP contribution is 2.24. The van der Waals surface area contributed by atoms with Crippen LogP contribution in [0.25, 0.3) is 11.1 Å². The Morgan fingerprint density at radius 2 is 1.65 bits per heavy atom. The van der Waals surface area contributed by atoms with Crippen molar-refractivity contribution in [2.75, 3.05) is 6.61 Å². The number of hydrogen-bond acceptors (Lipinski definition) is 1. The molecule has 2 aromatic rings. The van der Waals surface area contributed by atoms with Gasteiger partial charge in [-0.2, -0.15) is 0 Å². The highest BCUT2D eigenvalue weighted by molar-refractivity contribution is 6.51. The fourth-order valence-electron chi connectivity index (χ4n) is 2.32. The molecule has 0 aromatic heterocycles. The third-order valence-electron chi connectivity index (χ3n) is 3.70. The lowest BCUT2D eigenvalue weighted by Gasteiger charge is -2.05. The molecule has 0 aliphatic heterocycles. The first kappa shape index (κ1) is 17.6. The van der Waals surface area contributed by atoms with Crippen LogP contribution in [0, 0.1) is 0 Å². The van der Waals surface area contributed by atoms with Gasteiger partial charge >= 0.3 is 0 Å². The summed E-state index contributed by atoms with van der Waals surface area (Å²) in [6.07, 6.45) is 6.60. The van der Waals surface area contributed by atoms with E-state index in [4.69, 9.17) is 16.3 Å². The highest BCUT2D eigenvalue weighted by atomic mass is 35.5. The average Bonchev–Trinajstić information content (AvgIpc) is 2.59. The first-order valence-corrected chi connectivity index (χ1v) is 8.80. The van der Waals surface area contributed by atoms with Gasteiger partial charge in [-0.25, -0.2) is 0 Å². The Morgan fingerprint density at radius 3 is 2.26 bits per heavy atom. The van der Waals surface area contributed by atoms with Crippen LogP contribution in [-0.4, -0.2) is 6.61 Å². The topological polar surface area (TPSA) is 9.23 Å². The van der Waals surface area contributed by atoms with Crippen LogP contribution in [-0.2, 0) is 6.42 Å². The summed E-state index contributed by atoms with van der Waals surface area (Å²) >= 11 is 6.45. The van der Waals surface area contributed by atoms with Crippen molar-refractivity contribution in [3.63, 3.8) is 0 Å². The van der Waals surface area contributed by atoms with E-state index in [2.05, 4.69) is 38.1 Å². The molecule has 2 heteroatoms. The van der Waals surface area contributed by atoms with Crippen molar-refractivity contribution in [2.45, 2.75) is 39.5 Å². The SMILES string of the molecule is CCCCc1ccc(/C(Cl)=C/c2ccc(OCCC)cc2)cc1. The smallest absolute Gasteiger partial charge is 0.119 e. The lowest BCUT2D eigenvalue weighted by Crippen LogP contribution is -1.94. The monoisotopic (exact) mass is 328 g/mol. The summed E-state index contributed by atoms with van der Waals surface area (Å²) in [6, 6.07) is 16.6. The molecule has 0 saturated heterocycles. The molecule has 0 unspecified atom stereocenters. The van der Waals surface area contributed by atoms with Crippen LogP contribution >= 0.6 is 11.6 Å². The van der Waals surface area contributed by atoms with Crippen molar-refractivity contribution in [2.24, 2.45) is 0 Å². The van der Waals surface area contributed by atoms with Crippen molar-refractivity contribution in [1.29, 1.82) is 0 Å². The number of unbranched alkanes of at least 4 members (excludes halogenated alkanes) is 1. The van der Waals surface area contributed by atoms with Crippen LogP contribution in [0.1, 0.15) is 49.8 Å². The van der Waals surface area contributed by atoms with E-state index in [1.165, 1.54) is 18.4 Å². The lowest BCUT2D eigenvalue weighted by molar-refractivity contribution is 0.317. The number of hydrogen-bond donors (Lipinski definition) is 0. The minimum absolute atomic E-state index is 0.750. The first-order chi connectivity index (χ1) is 11.2. The van der Waals surface area contributed by atoms with E-state index < -0.39 is 0 Å². The van der Waals surface area contributed by atoms with E-state index in [0.717, 1.165) is 41.4 Å². The van der Waals surface area contributed by atoms with Crippen LogP contribution in [0.15, 0.2) is 48.5 Å². The maximum absolute atomic E-state index is 6.45. The van der Waals surface area contributed by atoms with E-state index >= 15 is 0 Å². The third-order valence-corrected chi connectivity index (χ3v) is 4.02. The second-order valence-electron chi connectivity index (χ2n) is 5.71. The molecule has 1 nitrogen and oxygen atoms in total. The molecule has 0 radical (unpaired) electrons. The van der Waals surface area contributed by atoms with E-state index in [1.54, 1.807) is 0 Å². The van der Waals surface area contributed by atoms with Gasteiger partial charge < -0.3 is 4.74 Å². The van der Waals surface area contributed by atoms with E-state index in [1.807, 2.05) is 30.3 Å². The third kappa shape index (κ3) is 5.76. The molecule has 2 aromatic carbocycles. The highest BCUT2D eigenvalue weighted by Gasteiger charge is 2.00. The van der Waals surface area contributed by atoms with Gasteiger partial charge in [-0.15, -0.1) is 0 Å². The van der Waals surface area contributed by atoms with Gasteiger partial charge in [0.05, 0.1) is 6.61 Å². The standard InChI is InChI=1S/C21H25ClO/c1-3-5-6-17-7-11-19(12-8-17)21(22)16-18-9-13-20(14-10-18)23-15-4-2/h7-14,16H,3-6,15H2,1-2H3/b21-16-. The Hall–Kier alpha value is -1.73. The van der Waals surface area contributed by atoms with Crippen molar-refractivity contribution in [1.82, 2.24) is 0 Å². The fourth-order valence-corrected chi connectivity index (χ4v) is 2.57. The zero-order valence-corrected chi connectivity index (χ0v) is 14.8. The minimum Gasteiger partial charge on any atom is -0.494 e. The molecule has 0 spiro atoms. The normalized spacial score (nSPS) is 11.5. The summed E-state index contributed by atoms with van der Waals surface area (Å²) in [6.45, 7) is 5.07. The fraction of sp³-hybridized carbons (Fsp3) is 0.333. The molecule has 23 heavy (non-hydrogen) atoms. The molecule has 0 bridgehead atoms. The van der Waals surface area contributed by atoms with Gasteiger partial charge in [-0.1, -0.05) is 68.3 Å². The Balaban J connectivity index is 2.03. The Kier molecular flexibility index (Phi) is 7.22. The number of benzene rings is 2. The van der Waals surface area contributed by atoms with E-state index in [-0.39, 0.29) is 0 Å². The van der Waals surface area contributed by atoms with Crippen molar-refractivity contribution < 1.29 is 4.74 Å². The Labute approximate surface area is 145 Å². The largest absolute Gasteiger partial charge is 0.494 e. The zero-order chi connectivity index (χ0) is 16.5. The van der Waals surface area contributed by atoms with Crippen LogP contribution in [0.2, 0.25) is 0 Å². The summed E-state index contributed by atoms with van der Waals surface area (Å²) < 4.78 is 5.59. The molecule has 0 amide bonds. The molecule has 0 saturated carbocycles. The summed E-state index contributed by atoms with van der Waals surface area (Å²) in [5.41, 5.74) is 3.50. The molecule has 0 N–H and O–H groups in total. The van der Waals surface area contributed by atoms with Gasteiger partial charge in [0.25, 0.3) is 0 Å². The van der Waals surface area contributed by atoms with Gasteiger partial charge in [0.15, 0.2) is 0 Å². The second kappa shape index (κ2) is 9.42. The van der Waals surface area contributed by atoms with Gasteiger partial charge in [0, 0.05) is 5.03 Å². The summed E-state index contributed by atoms with van der Waals surface area (Å²) in [5, 5.41) is 0.759. The van der Waals surface area contributed by atoms with E-state index in [9.17, 15) is 0 Å². The van der Waals surface area contributed by atoms with Gasteiger partial charge in [0.2, 0.25) is 0 Å². The lowest BCUT2D eigenvalue weighted by atomic mass is 10.1. The molecular formula is C21H25ClO. The van der Waals surface area contributed by atoms with Gasteiger partial charge in [-0.3, -0.25) is 0 Å². The average molecular weight is 329 g/mol. The molecule has 0 atom stereocenters. The maximum atomic E-state index is 6.45. The quantitative estimate of drug-likeness (QED) is 0.499. The number of ether oxygens (including phenoxy) is 1. The van der Waals surface area contributed by atoms with E-state index in [0.29, 0.717) is 0 Å². The second-order valence-corrected chi connectivity index (χ2v) is 6.12. The van der Waals surface area contributed by atoms with Crippen molar-refractivity contribution in [3.8, 4) is 5.75 Å². The number of halogens is 1. The van der Waals surface area contributed by atoms with Gasteiger partial charge in [-0.05, 0) is 54.2 Å². The molecule has 122 valence electrons. The molecule has 0 fully saturated rings.